The lowest BCUT2D eigenvalue weighted by atomic mass is 10.2. The molecule has 5 nitrogen and oxygen atoms in total. The van der Waals surface area contributed by atoms with Crippen molar-refractivity contribution in [1.29, 1.82) is 0 Å². The average molecular weight is 422 g/mol. The molecule has 1 aromatic heterocycles. The molecule has 2 aromatic rings. The van der Waals surface area contributed by atoms with Crippen molar-refractivity contribution in [3.63, 3.8) is 0 Å². The normalized spacial score (nSPS) is 10.6. The van der Waals surface area contributed by atoms with E-state index in [4.69, 9.17) is 11.6 Å². The van der Waals surface area contributed by atoms with E-state index in [0.29, 0.717) is 10.0 Å². The summed E-state index contributed by atoms with van der Waals surface area (Å²) in [5.74, 6) is 0. The quantitative estimate of drug-likeness (QED) is 0.555. The van der Waals surface area contributed by atoms with Gasteiger partial charge in [-0.05, 0) is 49.6 Å². The lowest BCUT2D eigenvalue weighted by Crippen LogP contribution is -2.20. The zero-order valence-corrected chi connectivity index (χ0v) is 13.8. The van der Waals surface area contributed by atoms with E-state index < -0.39 is 4.92 Å². The Morgan fingerprint density at radius 2 is 2.00 bits per heavy atom. The third-order valence-electron chi connectivity index (χ3n) is 2.57. The number of aromatic nitrogens is 1. The minimum atomic E-state index is -0.550. The molecule has 0 amide bonds. The fraction of sp³-hybridized carbons (Fsp3) is 0.0833. The molecule has 0 saturated heterocycles. The van der Waals surface area contributed by atoms with Crippen LogP contribution in [0.3, 0.4) is 0 Å². The van der Waals surface area contributed by atoms with Gasteiger partial charge in [0.25, 0.3) is 11.2 Å². The molecular weight excluding hydrogens is 415 g/mol. The van der Waals surface area contributed by atoms with Gasteiger partial charge in [-0.25, -0.2) is 0 Å². The molecular formula is C12H7Br2ClN2O3. The molecule has 0 aliphatic rings. The van der Waals surface area contributed by atoms with Crippen LogP contribution in [-0.2, 0) is 6.54 Å². The molecule has 20 heavy (non-hydrogen) atoms. The molecule has 0 radical (unpaired) electrons. The van der Waals surface area contributed by atoms with Crippen molar-refractivity contribution in [3.8, 4) is 0 Å². The maximum Gasteiger partial charge on any atom is 0.288 e. The zero-order chi connectivity index (χ0) is 14.9. The van der Waals surface area contributed by atoms with Gasteiger partial charge in [0, 0.05) is 16.7 Å². The Morgan fingerprint density at radius 1 is 1.30 bits per heavy atom. The highest BCUT2D eigenvalue weighted by atomic mass is 79.9. The highest BCUT2D eigenvalue weighted by Crippen LogP contribution is 2.25. The third kappa shape index (κ3) is 3.28. The van der Waals surface area contributed by atoms with E-state index in [1.54, 1.807) is 18.3 Å². The SMILES string of the molecule is O=c1c(Br)cc(Br)cn1Cc1ccc(Cl)c([N+](=O)[O-])c1. The van der Waals surface area contributed by atoms with Gasteiger partial charge >= 0.3 is 0 Å². The number of nitrogens with zero attached hydrogens (tertiary/aromatic N) is 2. The van der Waals surface area contributed by atoms with Gasteiger partial charge in [-0.2, -0.15) is 0 Å². The highest BCUT2D eigenvalue weighted by molar-refractivity contribution is 9.11. The van der Waals surface area contributed by atoms with Crippen LogP contribution in [0.1, 0.15) is 5.56 Å². The molecule has 0 N–H and O–H groups in total. The number of hydrogen-bond donors (Lipinski definition) is 0. The molecule has 104 valence electrons. The molecule has 8 heteroatoms. The first-order valence-corrected chi connectivity index (χ1v) is 7.33. The van der Waals surface area contributed by atoms with Crippen LogP contribution in [0, 0.1) is 10.1 Å². The second-order valence-electron chi connectivity index (χ2n) is 3.98. The first-order chi connectivity index (χ1) is 9.38. The van der Waals surface area contributed by atoms with Crippen molar-refractivity contribution >= 4 is 49.1 Å². The minimum Gasteiger partial charge on any atom is -0.309 e. The number of pyridine rings is 1. The van der Waals surface area contributed by atoms with Crippen LogP contribution in [0.5, 0.6) is 0 Å². The lowest BCUT2D eigenvalue weighted by Gasteiger charge is -2.07. The molecule has 0 unspecified atom stereocenters. The summed E-state index contributed by atoms with van der Waals surface area (Å²) in [5.41, 5.74) is 0.227. The van der Waals surface area contributed by atoms with Crippen LogP contribution >= 0.6 is 43.5 Å². The summed E-state index contributed by atoms with van der Waals surface area (Å²) < 4.78 is 2.59. The van der Waals surface area contributed by atoms with Crippen molar-refractivity contribution in [2.75, 3.05) is 0 Å². The summed E-state index contributed by atoms with van der Waals surface area (Å²) in [6.45, 7) is 0.217. The van der Waals surface area contributed by atoms with Crippen LogP contribution in [-0.4, -0.2) is 9.49 Å². The minimum absolute atomic E-state index is 0.0709. The Morgan fingerprint density at radius 3 is 2.65 bits per heavy atom. The van der Waals surface area contributed by atoms with Gasteiger partial charge in [-0.1, -0.05) is 17.7 Å². The summed E-state index contributed by atoms with van der Waals surface area (Å²) in [6.07, 6.45) is 1.62. The third-order valence-corrected chi connectivity index (χ3v) is 3.89. The summed E-state index contributed by atoms with van der Waals surface area (Å²) in [6, 6.07) is 6.11. The zero-order valence-electron chi connectivity index (χ0n) is 9.85. The molecule has 2 rings (SSSR count). The number of halogens is 3. The van der Waals surface area contributed by atoms with E-state index in [1.165, 1.54) is 16.7 Å². The van der Waals surface area contributed by atoms with Crippen LogP contribution < -0.4 is 5.56 Å². The Hall–Kier alpha value is -1.18. The first kappa shape index (κ1) is 15.2. The van der Waals surface area contributed by atoms with Crippen LogP contribution in [0.25, 0.3) is 0 Å². The van der Waals surface area contributed by atoms with E-state index in [9.17, 15) is 14.9 Å². The maximum absolute atomic E-state index is 11.9. The molecule has 0 atom stereocenters. The van der Waals surface area contributed by atoms with Gasteiger partial charge in [0.15, 0.2) is 0 Å². The Kier molecular flexibility index (Phi) is 4.62. The average Bonchev–Trinajstić information content (AvgIpc) is 2.37. The van der Waals surface area contributed by atoms with E-state index in [2.05, 4.69) is 31.9 Å². The van der Waals surface area contributed by atoms with E-state index in [1.807, 2.05) is 0 Å². The van der Waals surface area contributed by atoms with Crippen LogP contribution in [0.4, 0.5) is 5.69 Å². The summed E-state index contributed by atoms with van der Waals surface area (Å²) in [4.78, 5) is 22.2. The van der Waals surface area contributed by atoms with Crippen molar-refractivity contribution in [3.05, 3.63) is 70.5 Å². The van der Waals surface area contributed by atoms with E-state index in [-0.39, 0.29) is 22.8 Å². The van der Waals surface area contributed by atoms with Gasteiger partial charge in [0.1, 0.15) is 5.02 Å². The number of nitro benzene ring substituents is 1. The second-order valence-corrected chi connectivity index (χ2v) is 6.16. The summed E-state index contributed by atoms with van der Waals surface area (Å²) >= 11 is 12.2. The summed E-state index contributed by atoms with van der Waals surface area (Å²) in [5, 5.41) is 10.9. The number of rotatable bonds is 3. The number of benzene rings is 1. The Balaban J connectivity index is 2.43. The van der Waals surface area contributed by atoms with Crippen LogP contribution in [0.2, 0.25) is 5.02 Å². The van der Waals surface area contributed by atoms with Crippen LogP contribution in [0.15, 0.2) is 44.2 Å². The first-order valence-electron chi connectivity index (χ1n) is 5.37. The Bertz CT molecular complexity index is 746. The highest BCUT2D eigenvalue weighted by Gasteiger charge is 2.13. The van der Waals surface area contributed by atoms with Gasteiger partial charge < -0.3 is 4.57 Å². The van der Waals surface area contributed by atoms with Gasteiger partial charge in [0.05, 0.1) is 15.9 Å². The monoisotopic (exact) mass is 420 g/mol. The van der Waals surface area contributed by atoms with Gasteiger partial charge in [-0.15, -0.1) is 0 Å². The number of nitro groups is 1. The molecule has 0 saturated carbocycles. The largest absolute Gasteiger partial charge is 0.309 e. The molecule has 1 heterocycles. The predicted molar refractivity (Wildman–Crippen MR) is 83.3 cm³/mol. The lowest BCUT2D eigenvalue weighted by molar-refractivity contribution is -0.384. The fourth-order valence-corrected chi connectivity index (χ4v) is 3.12. The maximum atomic E-state index is 11.9. The van der Waals surface area contributed by atoms with E-state index >= 15 is 0 Å². The van der Waals surface area contributed by atoms with E-state index in [0.717, 1.165) is 4.47 Å². The summed E-state index contributed by atoms with van der Waals surface area (Å²) in [7, 11) is 0. The molecule has 0 bridgehead atoms. The molecule has 0 aliphatic heterocycles. The van der Waals surface area contributed by atoms with Crippen molar-refractivity contribution in [2.24, 2.45) is 0 Å². The fourth-order valence-electron chi connectivity index (χ4n) is 1.68. The van der Waals surface area contributed by atoms with Crippen molar-refractivity contribution in [2.45, 2.75) is 6.54 Å². The van der Waals surface area contributed by atoms with Crippen molar-refractivity contribution in [1.82, 2.24) is 4.57 Å². The second kappa shape index (κ2) is 6.07. The molecule has 0 aliphatic carbocycles. The standard InChI is InChI=1S/C12H7Br2ClN2O3/c13-8-4-9(14)12(18)16(6-8)5-7-1-2-10(15)11(3-7)17(19)20/h1-4,6H,5H2. The Labute approximate surface area is 135 Å². The van der Waals surface area contributed by atoms with Crippen molar-refractivity contribution < 1.29 is 4.92 Å². The number of hydrogen-bond acceptors (Lipinski definition) is 3. The topological polar surface area (TPSA) is 65.1 Å². The smallest absolute Gasteiger partial charge is 0.288 e. The van der Waals surface area contributed by atoms with Gasteiger partial charge in [0.2, 0.25) is 0 Å². The molecule has 1 aromatic carbocycles. The molecule has 0 fully saturated rings. The predicted octanol–water partition coefficient (Wildman–Crippen LogP) is 3.98. The van der Waals surface area contributed by atoms with Gasteiger partial charge in [-0.3, -0.25) is 14.9 Å². The molecule has 0 spiro atoms.